The Hall–Kier alpha value is -1.63. The van der Waals surface area contributed by atoms with Gasteiger partial charge in [0, 0.05) is 19.4 Å². The summed E-state index contributed by atoms with van der Waals surface area (Å²) >= 11 is 5.82. The number of methoxy groups -OCH3 is 1. The third-order valence-corrected chi connectivity index (χ3v) is 3.03. The van der Waals surface area contributed by atoms with E-state index in [2.05, 4.69) is 5.32 Å². The molecule has 6 nitrogen and oxygen atoms in total. The number of benzene rings is 1. The van der Waals surface area contributed by atoms with Crippen molar-refractivity contribution in [3.63, 3.8) is 0 Å². The minimum atomic E-state index is -0.657. The number of amides is 2. The number of primary amides is 1. The van der Waals surface area contributed by atoms with Crippen LogP contribution in [0.5, 0.6) is 0 Å². The van der Waals surface area contributed by atoms with Crippen LogP contribution in [0.25, 0.3) is 0 Å². The maximum Gasteiger partial charge on any atom is 0.250 e. The molecule has 110 valence electrons. The van der Waals surface area contributed by atoms with E-state index in [0.29, 0.717) is 25.1 Å². The van der Waals surface area contributed by atoms with Gasteiger partial charge in [-0.1, -0.05) is 11.6 Å². The van der Waals surface area contributed by atoms with E-state index in [0.717, 1.165) is 0 Å². The number of carbonyl (C=O) groups excluding carboxylic acids is 2. The molecule has 20 heavy (non-hydrogen) atoms. The molecule has 5 N–H and O–H groups in total. The number of nitrogens with one attached hydrogen (secondary N) is 1. The molecule has 7 heteroatoms. The van der Waals surface area contributed by atoms with E-state index >= 15 is 0 Å². The molecule has 1 atom stereocenters. The van der Waals surface area contributed by atoms with Crippen LogP contribution in [0, 0.1) is 0 Å². The smallest absolute Gasteiger partial charge is 0.250 e. The summed E-state index contributed by atoms with van der Waals surface area (Å²) in [6.07, 6.45) is 1.20. The Balaban J connectivity index is 2.66. The van der Waals surface area contributed by atoms with Crippen LogP contribution < -0.4 is 16.8 Å². The van der Waals surface area contributed by atoms with E-state index in [-0.39, 0.29) is 16.5 Å². The lowest BCUT2D eigenvalue weighted by atomic mass is 10.1. The summed E-state index contributed by atoms with van der Waals surface area (Å²) in [5.74, 6) is -0.991. The van der Waals surface area contributed by atoms with Crippen LogP contribution in [0.3, 0.4) is 0 Å². The summed E-state index contributed by atoms with van der Waals surface area (Å²) in [6, 6.07) is 3.85. The maximum atomic E-state index is 11.8. The molecule has 0 saturated carbocycles. The van der Waals surface area contributed by atoms with Gasteiger partial charge in [0.1, 0.15) is 0 Å². The molecule has 0 aromatic heterocycles. The van der Waals surface area contributed by atoms with Gasteiger partial charge in [-0.3, -0.25) is 9.59 Å². The van der Waals surface area contributed by atoms with Crippen LogP contribution in [-0.2, 0) is 9.53 Å². The number of nitrogens with two attached hydrogens (primary N) is 2. The average Bonchev–Trinajstić information content (AvgIpc) is 2.40. The van der Waals surface area contributed by atoms with Gasteiger partial charge in [-0.05, 0) is 31.0 Å². The monoisotopic (exact) mass is 299 g/mol. The van der Waals surface area contributed by atoms with Crippen LogP contribution in [-0.4, -0.2) is 31.6 Å². The fourth-order valence-corrected chi connectivity index (χ4v) is 1.82. The molecule has 0 radical (unpaired) electrons. The van der Waals surface area contributed by atoms with Crippen molar-refractivity contribution in [3.05, 3.63) is 28.8 Å². The highest BCUT2D eigenvalue weighted by Gasteiger charge is 2.14. The predicted molar refractivity (Wildman–Crippen MR) is 77.7 cm³/mol. The quantitative estimate of drug-likeness (QED) is 0.656. The number of rotatable bonds is 7. The van der Waals surface area contributed by atoms with Crippen molar-refractivity contribution in [3.8, 4) is 0 Å². The Morgan fingerprint density at radius 3 is 2.75 bits per heavy atom. The number of halogens is 1. The van der Waals surface area contributed by atoms with E-state index in [4.69, 9.17) is 27.8 Å². The molecule has 1 aromatic carbocycles. The Morgan fingerprint density at radius 1 is 1.45 bits per heavy atom. The minimum Gasteiger partial charge on any atom is -0.385 e. The van der Waals surface area contributed by atoms with Crippen molar-refractivity contribution >= 4 is 29.1 Å². The maximum absolute atomic E-state index is 11.8. The zero-order valence-corrected chi connectivity index (χ0v) is 11.9. The first-order valence-corrected chi connectivity index (χ1v) is 6.48. The zero-order chi connectivity index (χ0) is 15.1. The second-order valence-corrected chi connectivity index (χ2v) is 4.70. The van der Waals surface area contributed by atoms with Gasteiger partial charge in [-0.15, -0.1) is 0 Å². The van der Waals surface area contributed by atoms with Crippen molar-refractivity contribution in [2.45, 2.75) is 18.9 Å². The van der Waals surface area contributed by atoms with E-state index in [1.165, 1.54) is 12.1 Å². The Labute approximate surface area is 122 Å². The average molecular weight is 300 g/mol. The standard InChI is InChI=1S/C13H18ClN3O3/c1-20-6-2-3-11(15)13(19)17-8-4-5-10(14)9(7-8)12(16)18/h4-5,7,11H,2-3,6,15H2,1H3,(H2,16,18)(H,17,19). The lowest BCUT2D eigenvalue weighted by molar-refractivity contribution is -0.117. The Kier molecular flexibility index (Phi) is 6.44. The Bertz CT molecular complexity index is 494. The highest BCUT2D eigenvalue weighted by atomic mass is 35.5. The first-order valence-electron chi connectivity index (χ1n) is 6.10. The molecular weight excluding hydrogens is 282 g/mol. The minimum absolute atomic E-state index is 0.150. The van der Waals surface area contributed by atoms with Crippen LogP contribution in [0.1, 0.15) is 23.2 Å². The molecule has 2 amide bonds. The SMILES string of the molecule is COCCCC(N)C(=O)Nc1ccc(Cl)c(C(N)=O)c1. The Morgan fingerprint density at radius 2 is 2.15 bits per heavy atom. The van der Waals surface area contributed by atoms with Gasteiger partial charge in [0.2, 0.25) is 11.8 Å². The molecule has 0 saturated heterocycles. The fourth-order valence-electron chi connectivity index (χ4n) is 1.61. The highest BCUT2D eigenvalue weighted by Crippen LogP contribution is 2.20. The molecule has 1 aromatic rings. The molecule has 0 bridgehead atoms. The van der Waals surface area contributed by atoms with Crippen LogP contribution in [0.2, 0.25) is 5.02 Å². The first-order chi connectivity index (χ1) is 9.45. The van der Waals surface area contributed by atoms with E-state index in [9.17, 15) is 9.59 Å². The topological polar surface area (TPSA) is 107 Å². The normalized spacial score (nSPS) is 11.9. The summed E-state index contributed by atoms with van der Waals surface area (Å²) in [6.45, 7) is 0.549. The van der Waals surface area contributed by atoms with Crippen LogP contribution in [0.15, 0.2) is 18.2 Å². The van der Waals surface area contributed by atoms with Gasteiger partial charge < -0.3 is 21.5 Å². The summed E-state index contributed by atoms with van der Waals surface area (Å²) in [5.41, 5.74) is 11.5. The molecule has 1 rings (SSSR count). The molecule has 0 aliphatic rings. The van der Waals surface area contributed by atoms with Gasteiger partial charge in [0.05, 0.1) is 16.6 Å². The number of anilines is 1. The third kappa shape index (κ3) is 4.80. The van der Waals surface area contributed by atoms with Crippen molar-refractivity contribution in [2.75, 3.05) is 19.0 Å². The first kappa shape index (κ1) is 16.4. The molecule has 1 unspecified atom stereocenters. The number of hydrogen-bond acceptors (Lipinski definition) is 4. The van der Waals surface area contributed by atoms with Crippen molar-refractivity contribution in [1.82, 2.24) is 0 Å². The van der Waals surface area contributed by atoms with E-state index < -0.39 is 11.9 Å². The molecule has 0 spiro atoms. The molecule has 0 aliphatic carbocycles. The second kappa shape index (κ2) is 7.84. The zero-order valence-electron chi connectivity index (χ0n) is 11.2. The number of carbonyl (C=O) groups is 2. The van der Waals surface area contributed by atoms with E-state index in [1.54, 1.807) is 13.2 Å². The summed E-state index contributed by atoms with van der Waals surface area (Å²) < 4.78 is 4.89. The van der Waals surface area contributed by atoms with E-state index in [1.807, 2.05) is 0 Å². The summed E-state index contributed by atoms with van der Waals surface area (Å²) in [5, 5.41) is 2.86. The van der Waals surface area contributed by atoms with Gasteiger partial charge in [-0.25, -0.2) is 0 Å². The number of ether oxygens (including phenoxy) is 1. The van der Waals surface area contributed by atoms with Gasteiger partial charge in [-0.2, -0.15) is 0 Å². The van der Waals surface area contributed by atoms with Crippen molar-refractivity contribution < 1.29 is 14.3 Å². The highest BCUT2D eigenvalue weighted by molar-refractivity contribution is 6.34. The third-order valence-electron chi connectivity index (χ3n) is 2.70. The summed E-state index contributed by atoms with van der Waals surface area (Å²) in [7, 11) is 1.59. The largest absolute Gasteiger partial charge is 0.385 e. The molecule has 0 fully saturated rings. The lowest BCUT2D eigenvalue weighted by Gasteiger charge is -2.12. The van der Waals surface area contributed by atoms with Gasteiger partial charge >= 0.3 is 0 Å². The number of hydrogen-bond donors (Lipinski definition) is 3. The van der Waals surface area contributed by atoms with Crippen LogP contribution >= 0.6 is 11.6 Å². The summed E-state index contributed by atoms with van der Waals surface area (Å²) in [4.78, 5) is 23.0. The molecule has 0 aliphatic heterocycles. The lowest BCUT2D eigenvalue weighted by Crippen LogP contribution is -2.35. The van der Waals surface area contributed by atoms with Gasteiger partial charge in [0.15, 0.2) is 0 Å². The molecule has 0 heterocycles. The fraction of sp³-hybridized carbons (Fsp3) is 0.385. The van der Waals surface area contributed by atoms with Gasteiger partial charge in [0.25, 0.3) is 0 Å². The van der Waals surface area contributed by atoms with Crippen molar-refractivity contribution in [2.24, 2.45) is 11.5 Å². The predicted octanol–water partition coefficient (Wildman–Crippen LogP) is 1.13. The van der Waals surface area contributed by atoms with Crippen LogP contribution in [0.4, 0.5) is 5.69 Å². The van der Waals surface area contributed by atoms with Crippen molar-refractivity contribution in [1.29, 1.82) is 0 Å². The molecular formula is C13H18ClN3O3. The second-order valence-electron chi connectivity index (χ2n) is 4.29.